The van der Waals surface area contributed by atoms with Crippen LogP contribution >= 0.6 is 0 Å². The average Bonchev–Trinajstić information content (AvgIpc) is 2.15. The second kappa shape index (κ2) is 8.53. The SMILES string of the molecule is CC(=NO)C(C)C.CC(=NO)C(C)C. The van der Waals surface area contributed by atoms with E-state index in [1.807, 2.05) is 27.7 Å². The lowest BCUT2D eigenvalue weighted by atomic mass is 10.1. The molecule has 0 aliphatic heterocycles. The van der Waals surface area contributed by atoms with E-state index in [1.165, 1.54) is 0 Å². The van der Waals surface area contributed by atoms with E-state index < -0.39 is 0 Å². The maximum absolute atomic E-state index is 8.09. The predicted octanol–water partition coefficient (Wildman–Crippen LogP) is 2.99. The van der Waals surface area contributed by atoms with Crippen LogP contribution < -0.4 is 0 Å². The smallest absolute Gasteiger partial charge is 0.0565 e. The van der Waals surface area contributed by atoms with E-state index in [4.69, 9.17) is 10.4 Å². The summed E-state index contributed by atoms with van der Waals surface area (Å²) < 4.78 is 0. The highest BCUT2D eigenvalue weighted by atomic mass is 16.4. The Balaban J connectivity index is 0. The van der Waals surface area contributed by atoms with Gasteiger partial charge in [0, 0.05) is 0 Å². The molecule has 0 radical (unpaired) electrons. The monoisotopic (exact) mass is 202 g/mol. The highest BCUT2D eigenvalue weighted by molar-refractivity contribution is 5.83. The third-order valence-corrected chi connectivity index (χ3v) is 1.99. The standard InChI is InChI=1S/2C5H11NO/c2*1-4(2)5(3)6-7/h2*4,7H,1-3H3. The number of hydrogen-bond acceptors (Lipinski definition) is 4. The minimum Gasteiger partial charge on any atom is -0.411 e. The Kier molecular flexibility index (Phi) is 9.40. The topological polar surface area (TPSA) is 65.2 Å². The van der Waals surface area contributed by atoms with E-state index in [9.17, 15) is 0 Å². The van der Waals surface area contributed by atoms with Crippen LogP contribution in [0.15, 0.2) is 10.3 Å². The molecule has 84 valence electrons. The maximum atomic E-state index is 8.09. The average molecular weight is 202 g/mol. The van der Waals surface area contributed by atoms with E-state index in [1.54, 1.807) is 13.8 Å². The Hall–Kier alpha value is -1.06. The summed E-state index contributed by atoms with van der Waals surface area (Å²) in [7, 11) is 0. The normalized spacial score (nSPS) is 12.9. The van der Waals surface area contributed by atoms with Crippen molar-refractivity contribution < 1.29 is 10.4 Å². The zero-order valence-electron chi connectivity index (χ0n) is 9.94. The van der Waals surface area contributed by atoms with E-state index in [0.29, 0.717) is 11.8 Å². The number of rotatable bonds is 2. The van der Waals surface area contributed by atoms with Gasteiger partial charge in [-0.1, -0.05) is 38.0 Å². The Labute approximate surface area is 86.3 Å². The van der Waals surface area contributed by atoms with Crippen LogP contribution in [0.1, 0.15) is 41.5 Å². The molecule has 0 saturated carbocycles. The number of oxime groups is 2. The van der Waals surface area contributed by atoms with E-state index in [0.717, 1.165) is 11.4 Å². The predicted molar refractivity (Wildman–Crippen MR) is 59.5 cm³/mol. The number of nitrogens with zero attached hydrogens (tertiary/aromatic N) is 2. The summed E-state index contributed by atoms with van der Waals surface area (Å²) in [6, 6.07) is 0. The minimum absolute atomic E-state index is 0.366. The fourth-order valence-electron chi connectivity index (χ4n) is 0.231. The van der Waals surface area contributed by atoms with Gasteiger partial charge in [0.1, 0.15) is 0 Å². The second-order valence-electron chi connectivity index (χ2n) is 3.79. The van der Waals surface area contributed by atoms with E-state index in [2.05, 4.69) is 10.3 Å². The molecule has 0 saturated heterocycles. The van der Waals surface area contributed by atoms with Crippen LogP contribution in [0.5, 0.6) is 0 Å². The van der Waals surface area contributed by atoms with Crippen molar-refractivity contribution in [1.29, 1.82) is 0 Å². The molecule has 0 bridgehead atoms. The van der Waals surface area contributed by atoms with Crippen molar-refractivity contribution in [2.75, 3.05) is 0 Å². The molecule has 0 heterocycles. The first-order valence-corrected chi connectivity index (χ1v) is 4.73. The molecule has 0 fully saturated rings. The third kappa shape index (κ3) is 9.03. The highest BCUT2D eigenvalue weighted by Crippen LogP contribution is 1.93. The quantitative estimate of drug-likeness (QED) is 0.410. The first-order valence-electron chi connectivity index (χ1n) is 4.73. The molecule has 0 rings (SSSR count). The molecular formula is C10H22N2O2. The summed E-state index contributed by atoms with van der Waals surface area (Å²) >= 11 is 0. The van der Waals surface area contributed by atoms with Gasteiger partial charge in [-0.05, 0) is 25.7 Å². The number of hydrogen-bond donors (Lipinski definition) is 2. The molecule has 0 atom stereocenters. The molecule has 14 heavy (non-hydrogen) atoms. The van der Waals surface area contributed by atoms with Gasteiger partial charge in [0.2, 0.25) is 0 Å². The first kappa shape index (κ1) is 15.4. The first-order chi connectivity index (χ1) is 6.36. The summed E-state index contributed by atoms with van der Waals surface area (Å²) in [5.74, 6) is 0.731. The van der Waals surface area contributed by atoms with Crippen molar-refractivity contribution in [2.45, 2.75) is 41.5 Å². The summed E-state index contributed by atoms with van der Waals surface area (Å²) in [4.78, 5) is 0. The molecule has 0 unspecified atom stereocenters. The van der Waals surface area contributed by atoms with Crippen molar-refractivity contribution >= 4 is 11.4 Å². The lowest BCUT2D eigenvalue weighted by Crippen LogP contribution is -2.00. The van der Waals surface area contributed by atoms with Crippen LogP contribution in [0.25, 0.3) is 0 Å². The zero-order chi connectivity index (χ0) is 11.7. The van der Waals surface area contributed by atoms with Crippen molar-refractivity contribution in [3.8, 4) is 0 Å². The van der Waals surface area contributed by atoms with Crippen LogP contribution in [0, 0.1) is 11.8 Å². The molecule has 0 aliphatic carbocycles. The van der Waals surface area contributed by atoms with E-state index >= 15 is 0 Å². The van der Waals surface area contributed by atoms with Crippen molar-refractivity contribution in [3.63, 3.8) is 0 Å². The molecule has 2 N–H and O–H groups in total. The summed E-state index contributed by atoms with van der Waals surface area (Å²) in [5.41, 5.74) is 1.56. The molecule has 4 heteroatoms. The van der Waals surface area contributed by atoms with Crippen LogP contribution in [-0.2, 0) is 0 Å². The largest absolute Gasteiger partial charge is 0.411 e. The Morgan fingerprint density at radius 1 is 0.786 bits per heavy atom. The van der Waals surface area contributed by atoms with E-state index in [-0.39, 0.29) is 0 Å². The van der Waals surface area contributed by atoms with Crippen LogP contribution in [0.2, 0.25) is 0 Å². The molecule has 0 aliphatic rings. The van der Waals surface area contributed by atoms with Gasteiger partial charge in [0.15, 0.2) is 0 Å². The molecular weight excluding hydrogens is 180 g/mol. The fraction of sp³-hybridized carbons (Fsp3) is 0.800. The molecule has 0 amide bonds. The fourth-order valence-corrected chi connectivity index (χ4v) is 0.231. The van der Waals surface area contributed by atoms with Gasteiger partial charge in [-0.2, -0.15) is 0 Å². The van der Waals surface area contributed by atoms with Crippen molar-refractivity contribution in [2.24, 2.45) is 22.1 Å². The third-order valence-electron chi connectivity index (χ3n) is 1.99. The van der Waals surface area contributed by atoms with Crippen LogP contribution in [0.3, 0.4) is 0 Å². The summed E-state index contributed by atoms with van der Waals surface area (Å²) in [6.07, 6.45) is 0. The van der Waals surface area contributed by atoms with Gasteiger partial charge in [0.25, 0.3) is 0 Å². The Bertz CT molecular complexity index is 174. The van der Waals surface area contributed by atoms with Crippen LogP contribution in [-0.4, -0.2) is 21.8 Å². The molecule has 4 nitrogen and oxygen atoms in total. The highest BCUT2D eigenvalue weighted by Gasteiger charge is 1.95. The zero-order valence-corrected chi connectivity index (χ0v) is 9.94. The summed E-state index contributed by atoms with van der Waals surface area (Å²) in [5, 5.41) is 22.2. The molecule has 0 spiro atoms. The van der Waals surface area contributed by atoms with Crippen molar-refractivity contribution in [3.05, 3.63) is 0 Å². The second-order valence-corrected chi connectivity index (χ2v) is 3.79. The van der Waals surface area contributed by atoms with Gasteiger partial charge in [-0.25, -0.2) is 0 Å². The lowest BCUT2D eigenvalue weighted by Gasteiger charge is -1.96. The van der Waals surface area contributed by atoms with Crippen LogP contribution in [0.4, 0.5) is 0 Å². The van der Waals surface area contributed by atoms with Gasteiger partial charge >= 0.3 is 0 Å². The molecule has 0 aromatic heterocycles. The minimum atomic E-state index is 0.366. The Morgan fingerprint density at radius 3 is 1.00 bits per heavy atom. The lowest BCUT2D eigenvalue weighted by molar-refractivity contribution is 0.315. The maximum Gasteiger partial charge on any atom is 0.0565 e. The Morgan fingerprint density at radius 2 is 1.00 bits per heavy atom. The molecule has 0 aromatic carbocycles. The summed E-state index contributed by atoms with van der Waals surface area (Å²) in [6.45, 7) is 11.5. The van der Waals surface area contributed by atoms with Gasteiger partial charge in [-0.15, -0.1) is 0 Å². The van der Waals surface area contributed by atoms with Gasteiger partial charge in [-0.3, -0.25) is 0 Å². The van der Waals surface area contributed by atoms with Crippen molar-refractivity contribution in [1.82, 2.24) is 0 Å². The molecule has 0 aromatic rings. The van der Waals surface area contributed by atoms with Gasteiger partial charge in [0.05, 0.1) is 11.4 Å². The van der Waals surface area contributed by atoms with Gasteiger partial charge < -0.3 is 10.4 Å².